The fraction of sp³-hybridized carbons (Fsp3) is 0.269. The molecule has 3 aromatic rings. The molecule has 0 radical (unpaired) electrons. The smallest absolute Gasteiger partial charge is 0.323 e. The number of amides is 3. The summed E-state index contributed by atoms with van der Waals surface area (Å²) in [6, 6.07) is 11.5. The van der Waals surface area contributed by atoms with Crippen molar-refractivity contribution >= 4 is 64.1 Å². The Balaban J connectivity index is 1.43. The molecule has 208 valence electrons. The van der Waals surface area contributed by atoms with Crippen LogP contribution in [0.3, 0.4) is 0 Å². The number of aromatic nitrogens is 1. The van der Waals surface area contributed by atoms with Gasteiger partial charge in [0.25, 0.3) is 5.91 Å². The maximum absolute atomic E-state index is 13.3. The van der Waals surface area contributed by atoms with E-state index in [4.69, 9.17) is 21.1 Å². The summed E-state index contributed by atoms with van der Waals surface area (Å²) in [5.74, 6) is -3.97. The number of thiazole rings is 1. The predicted octanol–water partition coefficient (Wildman–Crippen LogP) is 3.18. The fourth-order valence-corrected chi connectivity index (χ4v) is 7.37. The number of rotatable bonds is 9. The Morgan fingerprint density at radius 2 is 1.82 bits per heavy atom. The second-order valence-corrected chi connectivity index (χ2v) is 11.5. The van der Waals surface area contributed by atoms with E-state index in [0.29, 0.717) is 31.9 Å². The van der Waals surface area contributed by atoms with Gasteiger partial charge in [-0.15, -0.1) is 0 Å². The minimum Gasteiger partial charge on any atom is -0.490 e. The third kappa shape index (κ3) is 5.44. The molecular formula is C26H22ClN3O8S2. The number of carboxylic acid groups (broad SMARTS) is 1. The highest BCUT2D eigenvalue weighted by atomic mass is 35.5. The van der Waals surface area contributed by atoms with Gasteiger partial charge in [-0.1, -0.05) is 40.8 Å². The van der Waals surface area contributed by atoms with Crippen LogP contribution in [0.4, 0.5) is 5.69 Å². The van der Waals surface area contributed by atoms with Gasteiger partial charge < -0.3 is 24.9 Å². The van der Waals surface area contributed by atoms with Crippen LogP contribution in [-0.4, -0.2) is 63.7 Å². The lowest BCUT2D eigenvalue weighted by Gasteiger charge is -2.30. The van der Waals surface area contributed by atoms with Gasteiger partial charge in [-0.25, -0.2) is 0 Å². The molecule has 0 aliphatic carbocycles. The maximum Gasteiger partial charge on any atom is 0.323 e. The quantitative estimate of drug-likeness (QED) is 0.313. The molecule has 1 fully saturated rings. The number of nitrogens with zero attached hydrogens (tertiary/aromatic N) is 1. The van der Waals surface area contributed by atoms with Gasteiger partial charge in [0.2, 0.25) is 11.8 Å². The molecule has 0 spiro atoms. The minimum absolute atomic E-state index is 0.274. The number of carbonyl (C=O) groups excluding carboxylic acids is 3. The van der Waals surface area contributed by atoms with Crippen LogP contribution in [0.1, 0.15) is 23.3 Å². The largest absolute Gasteiger partial charge is 0.490 e. The van der Waals surface area contributed by atoms with E-state index < -0.39 is 47.3 Å². The summed E-state index contributed by atoms with van der Waals surface area (Å²) < 4.78 is 11.5. The number of aromatic amines is 1. The second kappa shape index (κ2) is 11.4. The number of hydrogen-bond donors (Lipinski definition) is 3. The first kappa shape index (κ1) is 27.7. The number of aliphatic carboxylic acids is 1. The average molecular weight is 604 g/mol. The van der Waals surface area contributed by atoms with E-state index in [0.717, 1.165) is 28.0 Å². The number of hydrogen-bond acceptors (Lipinski definition) is 9. The monoisotopic (exact) mass is 603 g/mol. The van der Waals surface area contributed by atoms with Crippen LogP contribution in [-0.2, 0) is 19.2 Å². The second-order valence-electron chi connectivity index (χ2n) is 8.89. The molecule has 14 heteroatoms. The van der Waals surface area contributed by atoms with Crippen LogP contribution in [0.2, 0.25) is 5.02 Å². The van der Waals surface area contributed by atoms with Crippen molar-refractivity contribution in [2.45, 2.75) is 23.1 Å². The number of carboxylic acids is 1. The lowest BCUT2D eigenvalue weighted by Crippen LogP contribution is -2.36. The number of thioether (sulfide) groups is 1. The van der Waals surface area contributed by atoms with Gasteiger partial charge in [0, 0.05) is 21.5 Å². The molecule has 2 unspecified atom stereocenters. The summed E-state index contributed by atoms with van der Waals surface area (Å²) in [5, 5.41) is 12.1. The highest BCUT2D eigenvalue weighted by molar-refractivity contribution is 8.00. The predicted molar refractivity (Wildman–Crippen MR) is 147 cm³/mol. The molecule has 0 bridgehead atoms. The third-order valence-electron chi connectivity index (χ3n) is 6.32. The molecule has 3 heterocycles. The van der Waals surface area contributed by atoms with Crippen LogP contribution in [0.15, 0.2) is 52.3 Å². The molecule has 2 aliphatic heterocycles. The van der Waals surface area contributed by atoms with E-state index in [1.807, 2.05) is 0 Å². The first-order valence-electron chi connectivity index (χ1n) is 12.1. The molecule has 0 saturated carbocycles. The number of H-pyrrole nitrogens is 1. The molecule has 3 atom stereocenters. The van der Waals surface area contributed by atoms with Gasteiger partial charge in [0.05, 0.1) is 17.6 Å². The van der Waals surface area contributed by atoms with E-state index in [1.54, 1.807) is 49.4 Å². The SMILES string of the molecule is CCOc1cc([C@H]2c3sc(=O)[nH]c3SC3C(=O)N(CC(=O)O)C(=O)C32)ccc1OCC(=O)Nc1ccc(Cl)cc1. The Labute approximate surface area is 240 Å². The van der Waals surface area contributed by atoms with Gasteiger partial charge in [0.1, 0.15) is 11.8 Å². The fourth-order valence-electron chi connectivity index (χ4n) is 4.70. The third-order valence-corrected chi connectivity index (χ3v) is 8.98. The van der Waals surface area contributed by atoms with Crippen molar-refractivity contribution in [3.05, 3.63) is 67.6 Å². The summed E-state index contributed by atoms with van der Waals surface area (Å²) in [7, 11) is 0. The Kier molecular flexibility index (Phi) is 7.88. The molecule has 5 rings (SSSR count). The van der Waals surface area contributed by atoms with Gasteiger partial charge in [-0.3, -0.25) is 28.9 Å². The summed E-state index contributed by atoms with van der Waals surface area (Å²) in [6.45, 7) is 0.997. The summed E-state index contributed by atoms with van der Waals surface area (Å²) in [4.78, 5) is 66.1. The standard InChI is InChI=1S/C26H22ClN3O8S2/c1-2-37-16-9-12(3-8-15(16)38-11-17(31)28-14-6-4-13(27)5-7-14)19-20-22(39-23-21(19)40-26(36)29-23)25(35)30(24(20)34)10-18(32)33/h3-9,19-20,22H,2,10-11H2,1H3,(H,28,31)(H,29,36)(H,32,33)/t19-,20?,22?/m1/s1. The number of benzene rings is 2. The highest BCUT2D eigenvalue weighted by Crippen LogP contribution is 2.53. The zero-order chi connectivity index (χ0) is 28.6. The zero-order valence-electron chi connectivity index (χ0n) is 20.8. The molecule has 1 aromatic heterocycles. The molecule has 1 saturated heterocycles. The highest BCUT2D eigenvalue weighted by Gasteiger charge is 2.56. The summed E-state index contributed by atoms with van der Waals surface area (Å²) in [6.07, 6.45) is 0. The molecular weight excluding hydrogens is 582 g/mol. The first-order valence-corrected chi connectivity index (χ1v) is 14.1. The number of imide groups is 1. The molecule has 3 amide bonds. The van der Waals surface area contributed by atoms with E-state index in [2.05, 4.69) is 10.3 Å². The number of halogens is 1. The van der Waals surface area contributed by atoms with Crippen LogP contribution >= 0.6 is 34.7 Å². The van der Waals surface area contributed by atoms with Crippen LogP contribution < -0.4 is 19.7 Å². The lowest BCUT2D eigenvalue weighted by atomic mass is 9.83. The van der Waals surface area contributed by atoms with Crippen LogP contribution in [0.25, 0.3) is 0 Å². The van der Waals surface area contributed by atoms with Gasteiger partial charge in [0.15, 0.2) is 18.1 Å². The van der Waals surface area contributed by atoms with Crippen molar-refractivity contribution in [3.63, 3.8) is 0 Å². The van der Waals surface area contributed by atoms with Gasteiger partial charge in [-0.05, 0) is 48.9 Å². The topological polar surface area (TPSA) is 155 Å². The Bertz CT molecular complexity index is 1550. The van der Waals surface area contributed by atoms with Crippen molar-refractivity contribution in [2.24, 2.45) is 5.92 Å². The van der Waals surface area contributed by atoms with E-state index in [-0.39, 0.29) is 23.8 Å². The van der Waals surface area contributed by atoms with Crippen LogP contribution in [0.5, 0.6) is 11.5 Å². The van der Waals surface area contributed by atoms with Gasteiger partial charge >= 0.3 is 10.8 Å². The number of carbonyl (C=O) groups is 4. The average Bonchev–Trinajstić information content (AvgIpc) is 3.39. The minimum atomic E-state index is -1.30. The lowest BCUT2D eigenvalue weighted by molar-refractivity contribution is -0.149. The molecule has 3 N–H and O–H groups in total. The van der Waals surface area contributed by atoms with Crippen molar-refractivity contribution in [1.29, 1.82) is 0 Å². The number of nitrogens with one attached hydrogen (secondary N) is 2. The molecule has 40 heavy (non-hydrogen) atoms. The normalized spacial score (nSPS) is 19.6. The molecule has 11 nitrogen and oxygen atoms in total. The van der Waals surface area contributed by atoms with E-state index >= 15 is 0 Å². The van der Waals surface area contributed by atoms with Crippen molar-refractivity contribution < 1.29 is 33.8 Å². The number of likely N-dealkylation sites (tertiary alicyclic amines) is 1. The number of anilines is 1. The van der Waals surface area contributed by atoms with Crippen molar-refractivity contribution in [3.8, 4) is 11.5 Å². The van der Waals surface area contributed by atoms with Gasteiger partial charge in [-0.2, -0.15) is 0 Å². The number of fused-ring (bicyclic) bond motifs is 2. The zero-order valence-corrected chi connectivity index (χ0v) is 23.2. The van der Waals surface area contributed by atoms with Crippen molar-refractivity contribution in [1.82, 2.24) is 9.88 Å². The van der Waals surface area contributed by atoms with E-state index in [1.165, 1.54) is 0 Å². The summed E-state index contributed by atoms with van der Waals surface area (Å²) >= 11 is 7.87. The maximum atomic E-state index is 13.3. The summed E-state index contributed by atoms with van der Waals surface area (Å²) in [5.41, 5.74) is 1.13. The number of ether oxygens (including phenoxy) is 2. The van der Waals surface area contributed by atoms with E-state index in [9.17, 15) is 29.1 Å². The van der Waals surface area contributed by atoms with Crippen LogP contribution in [0, 0.1) is 5.92 Å². The van der Waals surface area contributed by atoms with Crippen molar-refractivity contribution in [2.75, 3.05) is 25.1 Å². The first-order chi connectivity index (χ1) is 19.2. The Morgan fingerprint density at radius 3 is 2.52 bits per heavy atom. The Morgan fingerprint density at radius 1 is 1.07 bits per heavy atom. The molecule has 2 aliphatic rings. The molecule has 2 aromatic carbocycles. The Hall–Kier alpha value is -3.81.